The summed E-state index contributed by atoms with van der Waals surface area (Å²) in [5.74, 6) is -0.434. The number of carbonyl (C=O) groups is 1. The van der Waals surface area contributed by atoms with Crippen LogP contribution in [0.1, 0.15) is 34.5 Å². The molecule has 0 spiro atoms. The van der Waals surface area contributed by atoms with Gasteiger partial charge in [-0.3, -0.25) is 10.1 Å². The molecule has 0 radical (unpaired) electrons. The minimum atomic E-state index is -3.65. The van der Waals surface area contributed by atoms with Crippen LogP contribution >= 0.6 is 22.7 Å². The van der Waals surface area contributed by atoms with Crippen LogP contribution in [-0.4, -0.2) is 36.7 Å². The van der Waals surface area contributed by atoms with Crippen LogP contribution in [0, 0.1) is 6.92 Å². The first-order valence-electron chi connectivity index (χ1n) is 8.71. The van der Waals surface area contributed by atoms with Crippen molar-refractivity contribution < 1.29 is 13.2 Å². The number of aryl methyl sites for hydroxylation is 1. The standard InChI is InChI=1S/C18H19N3O3S3/c1-12-5-6-13-14(11-12)26-18(19-13)20-17(22)16-15(7-10-25-16)27(23,24)21-8-3-2-4-9-21/h5-7,10-11H,2-4,8-9H2,1H3,(H,19,20,22). The molecule has 0 atom stereocenters. The second-order valence-corrected chi connectivity index (χ2v) is 10.4. The lowest BCUT2D eigenvalue weighted by atomic mass is 10.2. The number of rotatable bonds is 4. The van der Waals surface area contributed by atoms with Gasteiger partial charge in [0.15, 0.2) is 5.13 Å². The van der Waals surface area contributed by atoms with E-state index in [1.54, 1.807) is 5.38 Å². The molecule has 1 aliphatic rings. The average molecular weight is 422 g/mol. The van der Waals surface area contributed by atoms with Crippen molar-refractivity contribution in [1.82, 2.24) is 9.29 Å². The van der Waals surface area contributed by atoms with Crippen molar-refractivity contribution in [2.75, 3.05) is 18.4 Å². The molecule has 1 aromatic carbocycles. The normalized spacial score (nSPS) is 15.9. The number of aromatic nitrogens is 1. The Bertz CT molecular complexity index is 1100. The van der Waals surface area contributed by atoms with Gasteiger partial charge in [-0.05, 0) is 48.9 Å². The van der Waals surface area contributed by atoms with Gasteiger partial charge in [0.2, 0.25) is 10.0 Å². The van der Waals surface area contributed by atoms with Gasteiger partial charge in [0.05, 0.1) is 10.2 Å². The fraction of sp³-hybridized carbons (Fsp3) is 0.333. The Labute approximate surface area is 165 Å². The van der Waals surface area contributed by atoms with Gasteiger partial charge >= 0.3 is 0 Å². The zero-order chi connectivity index (χ0) is 19.0. The van der Waals surface area contributed by atoms with Crippen LogP contribution in [0.4, 0.5) is 5.13 Å². The number of nitrogens with one attached hydrogen (secondary N) is 1. The van der Waals surface area contributed by atoms with Gasteiger partial charge in [0, 0.05) is 13.1 Å². The Morgan fingerprint density at radius 1 is 1.19 bits per heavy atom. The maximum atomic E-state index is 12.9. The van der Waals surface area contributed by atoms with E-state index in [1.165, 1.54) is 21.7 Å². The Hall–Kier alpha value is -1.81. The van der Waals surface area contributed by atoms with Crippen LogP contribution in [0.25, 0.3) is 10.2 Å². The number of thiophene rings is 1. The highest BCUT2D eigenvalue weighted by Gasteiger charge is 2.31. The number of amides is 1. The molecular weight excluding hydrogens is 402 g/mol. The Morgan fingerprint density at radius 3 is 2.74 bits per heavy atom. The summed E-state index contributed by atoms with van der Waals surface area (Å²) < 4.78 is 28.4. The number of hydrogen-bond donors (Lipinski definition) is 1. The number of anilines is 1. The first-order valence-corrected chi connectivity index (χ1v) is 11.8. The molecule has 1 aliphatic heterocycles. The Balaban J connectivity index is 1.60. The van der Waals surface area contributed by atoms with Gasteiger partial charge in [-0.25, -0.2) is 13.4 Å². The number of carbonyl (C=O) groups excluding carboxylic acids is 1. The predicted molar refractivity (Wildman–Crippen MR) is 109 cm³/mol. The predicted octanol–water partition coefficient (Wildman–Crippen LogP) is 4.09. The molecule has 0 aliphatic carbocycles. The summed E-state index contributed by atoms with van der Waals surface area (Å²) >= 11 is 2.52. The lowest BCUT2D eigenvalue weighted by molar-refractivity contribution is 0.102. The quantitative estimate of drug-likeness (QED) is 0.688. The van der Waals surface area contributed by atoms with Crippen LogP contribution in [0.5, 0.6) is 0 Å². The number of nitrogens with zero attached hydrogens (tertiary/aromatic N) is 2. The van der Waals surface area contributed by atoms with Gasteiger partial charge in [0.1, 0.15) is 9.77 Å². The summed E-state index contributed by atoms with van der Waals surface area (Å²) in [5, 5.41) is 4.88. The van der Waals surface area contributed by atoms with Crippen LogP contribution in [0.2, 0.25) is 0 Å². The second-order valence-electron chi connectivity index (χ2n) is 6.52. The molecule has 0 unspecified atom stereocenters. The molecule has 27 heavy (non-hydrogen) atoms. The summed E-state index contributed by atoms with van der Waals surface area (Å²) in [7, 11) is -3.65. The topological polar surface area (TPSA) is 79.4 Å². The summed E-state index contributed by atoms with van der Waals surface area (Å²) in [4.78, 5) is 17.5. The fourth-order valence-electron chi connectivity index (χ4n) is 3.15. The van der Waals surface area contributed by atoms with Crippen LogP contribution < -0.4 is 5.32 Å². The second kappa shape index (κ2) is 7.31. The number of thiazole rings is 1. The van der Waals surface area contributed by atoms with Gasteiger partial charge in [-0.2, -0.15) is 4.31 Å². The highest BCUT2D eigenvalue weighted by atomic mass is 32.2. The van der Waals surface area contributed by atoms with Crippen LogP contribution in [0.15, 0.2) is 34.5 Å². The molecular formula is C18H19N3O3S3. The Morgan fingerprint density at radius 2 is 1.96 bits per heavy atom. The van der Waals surface area contributed by atoms with Crippen molar-refractivity contribution >= 4 is 54.0 Å². The molecule has 3 aromatic rings. The summed E-state index contributed by atoms with van der Waals surface area (Å²) in [6.45, 7) is 3.02. The van der Waals surface area contributed by atoms with Crippen molar-refractivity contribution in [2.45, 2.75) is 31.1 Å². The maximum Gasteiger partial charge on any atom is 0.268 e. The molecule has 142 valence electrons. The number of sulfonamides is 1. The number of benzene rings is 1. The minimum absolute atomic E-state index is 0.0869. The van der Waals surface area contributed by atoms with E-state index in [0.717, 1.165) is 46.4 Å². The SMILES string of the molecule is Cc1ccc2nc(NC(=O)c3sccc3S(=O)(=O)N3CCCCC3)sc2c1. The molecule has 4 rings (SSSR count). The summed E-state index contributed by atoms with van der Waals surface area (Å²) in [6.07, 6.45) is 2.76. The van der Waals surface area contributed by atoms with Crippen LogP contribution in [0.3, 0.4) is 0 Å². The van der Waals surface area contributed by atoms with E-state index in [1.807, 2.05) is 25.1 Å². The highest BCUT2D eigenvalue weighted by molar-refractivity contribution is 7.89. The lowest BCUT2D eigenvalue weighted by Crippen LogP contribution is -2.36. The number of fused-ring (bicyclic) bond motifs is 1. The van der Waals surface area contributed by atoms with Crippen LogP contribution in [-0.2, 0) is 10.0 Å². The Kier molecular flexibility index (Phi) is 5.02. The van der Waals surface area contributed by atoms with E-state index >= 15 is 0 Å². The molecule has 1 fully saturated rings. The number of hydrogen-bond acceptors (Lipinski definition) is 6. The zero-order valence-corrected chi connectivity index (χ0v) is 17.2. The van der Waals surface area contributed by atoms with E-state index in [2.05, 4.69) is 10.3 Å². The van der Waals surface area contributed by atoms with Gasteiger partial charge in [0.25, 0.3) is 5.91 Å². The summed E-state index contributed by atoms with van der Waals surface area (Å²) in [6, 6.07) is 7.41. The van der Waals surface area contributed by atoms with Crippen molar-refractivity contribution in [3.8, 4) is 0 Å². The molecule has 0 saturated carbocycles. The molecule has 1 amide bonds. The first kappa shape index (κ1) is 18.5. The zero-order valence-electron chi connectivity index (χ0n) is 14.8. The maximum absolute atomic E-state index is 12.9. The molecule has 1 saturated heterocycles. The third-order valence-electron chi connectivity index (χ3n) is 4.53. The molecule has 1 N–H and O–H groups in total. The monoisotopic (exact) mass is 421 g/mol. The van der Waals surface area contributed by atoms with E-state index < -0.39 is 15.9 Å². The van der Waals surface area contributed by atoms with Gasteiger partial charge in [-0.15, -0.1) is 11.3 Å². The molecule has 0 bridgehead atoms. The van der Waals surface area contributed by atoms with E-state index in [-0.39, 0.29) is 9.77 Å². The third-order valence-corrected chi connectivity index (χ3v) is 8.45. The average Bonchev–Trinajstić information content (AvgIpc) is 3.29. The molecule has 9 heteroatoms. The number of piperidine rings is 1. The van der Waals surface area contributed by atoms with Crippen molar-refractivity contribution in [3.05, 3.63) is 40.1 Å². The van der Waals surface area contributed by atoms with Crippen molar-refractivity contribution in [3.63, 3.8) is 0 Å². The van der Waals surface area contributed by atoms with E-state index in [0.29, 0.717) is 18.2 Å². The fourth-order valence-corrected chi connectivity index (χ4v) is 6.92. The minimum Gasteiger partial charge on any atom is -0.297 e. The van der Waals surface area contributed by atoms with Crippen molar-refractivity contribution in [1.29, 1.82) is 0 Å². The first-order chi connectivity index (χ1) is 12.9. The van der Waals surface area contributed by atoms with Crippen molar-refractivity contribution in [2.24, 2.45) is 0 Å². The molecule has 3 heterocycles. The summed E-state index contributed by atoms with van der Waals surface area (Å²) in [5.41, 5.74) is 1.94. The van der Waals surface area contributed by atoms with E-state index in [4.69, 9.17) is 0 Å². The van der Waals surface area contributed by atoms with Gasteiger partial charge < -0.3 is 0 Å². The molecule has 2 aromatic heterocycles. The lowest BCUT2D eigenvalue weighted by Gasteiger charge is -2.25. The van der Waals surface area contributed by atoms with E-state index in [9.17, 15) is 13.2 Å². The highest BCUT2D eigenvalue weighted by Crippen LogP contribution is 2.30. The molecule has 6 nitrogen and oxygen atoms in total. The third kappa shape index (κ3) is 3.64. The smallest absolute Gasteiger partial charge is 0.268 e. The van der Waals surface area contributed by atoms with Gasteiger partial charge in [-0.1, -0.05) is 23.8 Å². The largest absolute Gasteiger partial charge is 0.297 e.